The summed E-state index contributed by atoms with van der Waals surface area (Å²) in [5, 5.41) is 13.5. The Morgan fingerprint density at radius 1 is 1.50 bits per heavy atom. The molecule has 0 spiro atoms. The second kappa shape index (κ2) is 6.02. The molecule has 0 aliphatic heterocycles. The first kappa shape index (κ1) is 15.1. The summed E-state index contributed by atoms with van der Waals surface area (Å²) < 4.78 is 0. The molecule has 1 aromatic carbocycles. The number of carbonyl (C=O) groups excluding carboxylic acids is 1. The highest BCUT2D eigenvalue weighted by molar-refractivity contribution is 6.36. The van der Waals surface area contributed by atoms with Crippen LogP contribution in [0.5, 0.6) is 0 Å². The van der Waals surface area contributed by atoms with Crippen molar-refractivity contribution in [3.05, 3.63) is 28.8 Å². The Hall–Kier alpha value is -1.26. The standard InChI is InChI=1S/C15H21ClN2O2/c1-10-5-7-15(20,8-6-10)9-18-14(19)11-3-2-4-12(17)13(11)16/h2-4,10,20H,5-9,17H2,1H3,(H,18,19). The SMILES string of the molecule is CC1CCC(O)(CNC(=O)c2cccc(N)c2Cl)CC1. The Morgan fingerprint density at radius 3 is 2.80 bits per heavy atom. The summed E-state index contributed by atoms with van der Waals surface area (Å²) in [6.07, 6.45) is 3.43. The second-order valence-electron chi connectivity index (χ2n) is 5.80. The first-order valence-electron chi connectivity index (χ1n) is 6.96. The van der Waals surface area contributed by atoms with Crippen LogP contribution in [0.1, 0.15) is 43.0 Å². The minimum atomic E-state index is -0.797. The van der Waals surface area contributed by atoms with Crippen molar-refractivity contribution in [2.45, 2.75) is 38.2 Å². The maximum atomic E-state index is 12.1. The van der Waals surface area contributed by atoms with Crippen LogP contribution in [-0.2, 0) is 0 Å². The summed E-state index contributed by atoms with van der Waals surface area (Å²) in [5.74, 6) is 0.351. The van der Waals surface area contributed by atoms with Crippen LogP contribution < -0.4 is 11.1 Å². The van der Waals surface area contributed by atoms with Gasteiger partial charge < -0.3 is 16.2 Å². The number of nitrogens with two attached hydrogens (primary N) is 1. The lowest BCUT2D eigenvalue weighted by Crippen LogP contribution is -2.45. The van der Waals surface area contributed by atoms with Crippen molar-refractivity contribution in [1.29, 1.82) is 0 Å². The fourth-order valence-corrected chi connectivity index (χ4v) is 2.75. The van der Waals surface area contributed by atoms with Crippen molar-refractivity contribution in [3.8, 4) is 0 Å². The van der Waals surface area contributed by atoms with E-state index in [0.29, 0.717) is 17.2 Å². The maximum Gasteiger partial charge on any atom is 0.252 e. The summed E-state index contributed by atoms with van der Waals surface area (Å²) in [7, 11) is 0. The molecule has 1 amide bonds. The fourth-order valence-electron chi connectivity index (χ4n) is 2.54. The molecule has 0 heterocycles. The summed E-state index contributed by atoms with van der Waals surface area (Å²) in [6, 6.07) is 4.96. The van der Waals surface area contributed by atoms with Gasteiger partial charge in [0.25, 0.3) is 5.91 Å². The number of hydrogen-bond donors (Lipinski definition) is 3. The van der Waals surface area contributed by atoms with Crippen LogP contribution >= 0.6 is 11.6 Å². The van der Waals surface area contributed by atoms with Crippen LogP contribution in [0.2, 0.25) is 5.02 Å². The van der Waals surface area contributed by atoms with Gasteiger partial charge in [-0.3, -0.25) is 4.79 Å². The molecule has 20 heavy (non-hydrogen) atoms. The van der Waals surface area contributed by atoms with Gasteiger partial charge in [-0.25, -0.2) is 0 Å². The average molecular weight is 297 g/mol. The highest BCUT2D eigenvalue weighted by atomic mass is 35.5. The monoisotopic (exact) mass is 296 g/mol. The Kier molecular flexibility index (Phi) is 4.55. The molecule has 0 atom stereocenters. The molecule has 1 fully saturated rings. The number of hydrogen-bond acceptors (Lipinski definition) is 3. The Morgan fingerprint density at radius 2 is 2.15 bits per heavy atom. The molecule has 1 aliphatic rings. The molecule has 5 heteroatoms. The van der Waals surface area contributed by atoms with Gasteiger partial charge in [0, 0.05) is 6.54 Å². The topological polar surface area (TPSA) is 75.3 Å². The van der Waals surface area contributed by atoms with Gasteiger partial charge in [-0.1, -0.05) is 24.6 Å². The maximum absolute atomic E-state index is 12.1. The van der Waals surface area contributed by atoms with E-state index in [1.54, 1.807) is 18.2 Å². The third-order valence-corrected chi connectivity index (χ3v) is 4.48. The van der Waals surface area contributed by atoms with E-state index < -0.39 is 5.60 Å². The van der Waals surface area contributed by atoms with Crippen molar-refractivity contribution in [2.24, 2.45) is 5.92 Å². The summed E-state index contributed by atoms with van der Waals surface area (Å²) >= 11 is 6.02. The van der Waals surface area contributed by atoms with Gasteiger partial charge in [0.1, 0.15) is 0 Å². The van der Waals surface area contributed by atoms with E-state index in [9.17, 15) is 9.90 Å². The van der Waals surface area contributed by atoms with Crippen LogP contribution in [0.15, 0.2) is 18.2 Å². The Bertz CT molecular complexity index is 497. The molecule has 110 valence electrons. The summed E-state index contributed by atoms with van der Waals surface area (Å²) in [6.45, 7) is 2.44. The first-order valence-corrected chi connectivity index (χ1v) is 7.34. The number of nitrogens with one attached hydrogen (secondary N) is 1. The molecule has 1 aromatic rings. The molecule has 0 bridgehead atoms. The van der Waals surface area contributed by atoms with Gasteiger partial charge in [0.05, 0.1) is 21.9 Å². The van der Waals surface area contributed by atoms with Crippen molar-refractivity contribution in [2.75, 3.05) is 12.3 Å². The zero-order chi connectivity index (χ0) is 14.8. The van der Waals surface area contributed by atoms with Crippen LogP contribution in [-0.4, -0.2) is 23.2 Å². The Balaban J connectivity index is 1.97. The lowest BCUT2D eigenvalue weighted by molar-refractivity contribution is -0.00539. The minimum absolute atomic E-state index is 0.254. The number of benzene rings is 1. The molecule has 1 aliphatic carbocycles. The number of nitrogen functional groups attached to an aromatic ring is 1. The number of anilines is 1. The normalized spacial score (nSPS) is 26.2. The van der Waals surface area contributed by atoms with Crippen molar-refractivity contribution >= 4 is 23.2 Å². The van der Waals surface area contributed by atoms with Gasteiger partial charge in [-0.2, -0.15) is 0 Å². The summed E-state index contributed by atoms with van der Waals surface area (Å²) in [4.78, 5) is 12.1. The van der Waals surface area contributed by atoms with E-state index in [1.165, 1.54) is 0 Å². The minimum Gasteiger partial charge on any atom is -0.398 e. The van der Waals surface area contributed by atoms with Crippen LogP contribution in [0.25, 0.3) is 0 Å². The number of aliphatic hydroxyl groups is 1. The van der Waals surface area contributed by atoms with Crippen LogP contribution in [0.3, 0.4) is 0 Å². The molecule has 1 saturated carbocycles. The van der Waals surface area contributed by atoms with E-state index in [-0.39, 0.29) is 17.5 Å². The van der Waals surface area contributed by atoms with Crippen LogP contribution in [0, 0.1) is 5.92 Å². The number of carbonyl (C=O) groups is 1. The third-order valence-electron chi connectivity index (χ3n) is 4.06. The van der Waals surface area contributed by atoms with Gasteiger partial charge in [-0.15, -0.1) is 0 Å². The third kappa shape index (κ3) is 3.44. The number of halogens is 1. The smallest absolute Gasteiger partial charge is 0.252 e. The van der Waals surface area contributed by atoms with E-state index in [1.807, 2.05) is 0 Å². The van der Waals surface area contributed by atoms with Gasteiger partial charge >= 0.3 is 0 Å². The predicted octanol–water partition coefficient (Wildman–Crippen LogP) is 2.59. The van der Waals surface area contributed by atoms with E-state index >= 15 is 0 Å². The highest BCUT2D eigenvalue weighted by Gasteiger charge is 2.32. The molecular weight excluding hydrogens is 276 g/mol. The zero-order valence-electron chi connectivity index (χ0n) is 11.7. The largest absolute Gasteiger partial charge is 0.398 e. The lowest BCUT2D eigenvalue weighted by atomic mass is 9.79. The Labute approximate surface area is 124 Å². The highest BCUT2D eigenvalue weighted by Crippen LogP contribution is 2.31. The quantitative estimate of drug-likeness (QED) is 0.751. The lowest BCUT2D eigenvalue weighted by Gasteiger charge is -2.35. The van der Waals surface area contributed by atoms with Crippen molar-refractivity contribution in [3.63, 3.8) is 0 Å². The molecule has 4 nitrogen and oxygen atoms in total. The molecule has 0 unspecified atom stereocenters. The number of amides is 1. The van der Waals surface area contributed by atoms with Crippen LogP contribution in [0.4, 0.5) is 5.69 Å². The van der Waals surface area contributed by atoms with E-state index in [2.05, 4.69) is 12.2 Å². The molecule has 0 saturated heterocycles. The van der Waals surface area contributed by atoms with Gasteiger partial charge in [0.15, 0.2) is 0 Å². The predicted molar refractivity (Wildman–Crippen MR) is 80.8 cm³/mol. The van der Waals surface area contributed by atoms with Crippen molar-refractivity contribution in [1.82, 2.24) is 5.32 Å². The van der Waals surface area contributed by atoms with Gasteiger partial charge in [0.2, 0.25) is 0 Å². The number of rotatable bonds is 3. The fraction of sp³-hybridized carbons (Fsp3) is 0.533. The van der Waals surface area contributed by atoms with E-state index in [4.69, 9.17) is 17.3 Å². The van der Waals surface area contributed by atoms with Crippen molar-refractivity contribution < 1.29 is 9.90 Å². The molecule has 0 aromatic heterocycles. The molecule has 0 radical (unpaired) electrons. The molecule has 4 N–H and O–H groups in total. The summed E-state index contributed by atoms with van der Waals surface area (Å²) in [5.41, 5.74) is 5.61. The molecular formula is C15H21ClN2O2. The second-order valence-corrected chi connectivity index (χ2v) is 6.18. The zero-order valence-corrected chi connectivity index (χ0v) is 12.4. The first-order chi connectivity index (χ1) is 9.41. The average Bonchev–Trinajstić information content (AvgIpc) is 2.43. The molecule has 2 rings (SSSR count). The van der Waals surface area contributed by atoms with E-state index in [0.717, 1.165) is 25.7 Å². The van der Waals surface area contributed by atoms with Gasteiger partial charge in [-0.05, 0) is 43.7 Å².